The summed E-state index contributed by atoms with van der Waals surface area (Å²) in [5, 5.41) is 7.08. The Bertz CT molecular complexity index is 950. The van der Waals surface area contributed by atoms with Crippen molar-refractivity contribution in [2.24, 2.45) is 4.99 Å². The molecular weight excluding hydrogens is 368 g/mol. The third-order valence-electron chi connectivity index (χ3n) is 4.25. The normalized spacial score (nSPS) is 11.2. The van der Waals surface area contributed by atoms with Crippen molar-refractivity contribution in [1.29, 1.82) is 0 Å². The van der Waals surface area contributed by atoms with Crippen LogP contribution in [-0.4, -0.2) is 44.2 Å². The second kappa shape index (κ2) is 9.30. The minimum atomic E-state index is -0.155. The predicted octanol–water partition coefficient (Wildman–Crippen LogP) is 4.23. The first kappa shape index (κ1) is 19.8. The van der Waals surface area contributed by atoms with Gasteiger partial charge in [-0.05, 0) is 60.8 Å². The first-order valence-electron chi connectivity index (χ1n) is 9.01. The van der Waals surface area contributed by atoms with E-state index in [1.54, 1.807) is 29.7 Å². The summed E-state index contributed by atoms with van der Waals surface area (Å²) in [5.41, 5.74) is 10.9. The summed E-state index contributed by atoms with van der Waals surface area (Å²) < 4.78 is 0. The lowest BCUT2D eigenvalue weighted by atomic mass is 10.0. The number of anilines is 2. The van der Waals surface area contributed by atoms with E-state index in [-0.39, 0.29) is 5.91 Å². The molecule has 0 radical (unpaired) electrons. The van der Waals surface area contributed by atoms with Crippen LogP contribution in [0.1, 0.15) is 15.9 Å². The van der Waals surface area contributed by atoms with Crippen molar-refractivity contribution in [3.63, 3.8) is 0 Å². The summed E-state index contributed by atoms with van der Waals surface area (Å²) in [4.78, 5) is 19.2. The molecule has 0 bridgehead atoms. The number of amides is 1. The molecule has 28 heavy (non-hydrogen) atoms. The Labute approximate surface area is 169 Å². The lowest BCUT2D eigenvalue weighted by Crippen LogP contribution is -2.15. The summed E-state index contributed by atoms with van der Waals surface area (Å²) in [6.07, 6.45) is 1.77. The van der Waals surface area contributed by atoms with Crippen LogP contribution in [0.4, 0.5) is 11.4 Å². The fraction of sp³-hybridized carbons (Fsp3) is 0.182. The van der Waals surface area contributed by atoms with Crippen LogP contribution in [0, 0.1) is 0 Å². The third-order valence-corrected chi connectivity index (χ3v) is 4.93. The van der Waals surface area contributed by atoms with Gasteiger partial charge in [-0.2, -0.15) is 11.3 Å². The highest BCUT2D eigenvalue weighted by atomic mass is 32.1. The van der Waals surface area contributed by atoms with Crippen LogP contribution in [0.15, 0.2) is 64.3 Å². The Kier molecular flexibility index (Phi) is 6.57. The van der Waals surface area contributed by atoms with Crippen LogP contribution < -0.4 is 11.1 Å². The molecule has 0 aliphatic heterocycles. The van der Waals surface area contributed by atoms with E-state index in [0.29, 0.717) is 17.8 Å². The van der Waals surface area contributed by atoms with Crippen LogP contribution in [0.2, 0.25) is 0 Å². The largest absolute Gasteiger partial charge is 0.398 e. The first-order valence-corrected chi connectivity index (χ1v) is 9.96. The van der Waals surface area contributed by atoms with E-state index < -0.39 is 0 Å². The van der Waals surface area contributed by atoms with Gasteiger partial charge in [-0.3, -0.25) is 9.79 Å². The molecule has 1 heterocycles. The molecular formula is C22H24N4OS. The number of nitrogen functional groups attached to an aromatic ring is 1. The highest BCUT2D eigenvalue weighted by Crippen LogP contribution is 2.33. The molecule has 3 rings (SSSR count). The van der Waals surface area contributed by atoms with E-state index in [0.717, 1.165) is 28.9 Å². The number of likely N-dealkylation sites (N-methyl/N-ethyl adjacent to an activating group) is 1. The summed E-state index contributed by atoms with van der Waals surface area (Å²) in [5.74, 6) is -0.155. The Balaban J connectivity index is 1.92. The van der Waals surface area contributed by atoms with Crippen LogP contribution in [0.3, 0.4) is 0 Å². The summed E-state index contributed by atoms with van der Waals surface area (Å²) in [6.45, 7) is 1.55. The number of nitrogens with one attached hydrogen (secondary N) is 1. The molecule has 2 aromatic carbocycles. The molecule has 0 aliphatic carbocycles. The van der Waals surface area contributed by atoms with Crippen molar-refractivity contribution in [2.75, 3.05) is 38.2 Å². The van der Waals surface area contributed by atoms with Gasteiger partial charge in [-0.15, -0.1) is 0 Å². The van der Waals surface area contributed by atoms with Gasteiger partial charge in [0.25, 0.3) is 5.91 Å². The van der Waals surface area contributed by atoms with E-state index in [9.17, 15) is 4.79 Å². The van der Waals surface area contributed by atoms with Crippen molar-refractivity contribution in [1.82, 2.24) is 4.90 Å². The molecule has 3 aromatic rings. The lowest BCUT2D eigenvalue weighted by Gasteiger charge is -2.14. The molecule has 0 spiro atoms. The quantitative estimate of drug-likeness (QED) is 0.467. The zero-order valence-corrected chi connectivity index (χ0v) is 16.9. The maximum Gasteiger partial charge on any atom is 0.255 e. The van der Waals surface area contributed by atoms with Gasteiger partial charge in [0, 0.05) is 40.8 Å². The Morgan fingerprint density at radius 2 is 2.00 bits per heavy atom. The molecule has 0 aliphatic rings. The molecule has 144 valence electrons. The van der Waals surface area contributed by atoms with Crippen molar-refractivity contribution in [3.05, 3.63) is 70.4 Å². The van der Waals surface area contributed by atoms with Gasteiger partial charge >= 0.3 is 0 Å². The monoisotopic (exact) mass is 392 g/mol. The average molecular weight is 393 g/mol. The van der Waals surface area contributed by atoms with Crippen LogP contribution in [0.25, 0.3) is 11.1 Å². The molecule has 0 fully saturated rings. The van der Waals surface area contributed by atoms with Crippen LogP contribution in [0.5, 0.6) is 0 Å². The number of nitrogens with zero attached hydrogens (tertiary/aromatic N) is 2. The number of hydrogen-bond donors (Lipinski definition) is 2. The topological polar surface area (TPSA) is 70.7 Å². The maximum atomic E-state index is 12.7. The maximum absolute atomic E-state index is 12.7. The van der Waals surface area contributed by atoms with Crippen LogP contribution in [-0.2, 0) is 0 Å². The summed E-state index contributed by atoms with van der Waals surface area (Å²) in [6, 6.07) is 15.0. The standard InChI is InChI=1S/C22H24N4OS/c1-26(2)10-9-24-14-18-12-21(25-22(27)16-6-4-3-5-7-16)19(13-20(18)23)17-8-11-28-15-17/h3-8,11-15H,9-10,23H2,1-2H3,(H,25,27). The minimum Gasteiger partial charge on any atom is -0.398 e. The number of thiophene rings is 1. The zero-order valence-electron chi connectivity index (χ0n) is 16.1. The molecule has 1 aromatic heterocycles. The van der Waals surface area contributed by atoms with E-state index in [1.165, 1.54) is 0 Å². The number of nitrogens with two attached hydrogens (primary N) is 1. The number of carbonyl (C=O) groups is 1. The summed E-state index contributed by atoms with van der Waals surface area (Å²) in [7, 11) is 4.02. The molecule has 0 saturated carbocycles. The lowest BCUT2D eigenvalue weighted by molar-refractivity contribution is 0.102. The van der Waals surface area contributed by atoms with Crippen molar-refractivity contribution in [2.45, 2.75) is 0 Å². The highest BCUT2D eigenvalue weighted by Gasteiger charge is 2.13. The first-order chi connectivity index (χ1) is 13.5. The van der Waals surface area contributed by atoms with E-state index in [2.05, 4.69) is 15.2 Å². The zero-order chi connectivity index (χ0) is 19.9. The second-order valence-corrected chi connectivity index (χ2v) is 7.48. The van der Waals surface area contributed by atoms with Crippen molar-refractivity contribution < 1.29 is 4.79 Å². The van der Waals surface area contributed by atoms with Gasteiger partial charge in [0.1, 0.15) is 0 Å². The van der Waals surface area contributed by atoms with Gasteiger partial charge in [-0.1, -0.05) is 18.2 Å². The molecule has 0 atom stereocenters. The molecule has 3 N–H and O–H groups in total. The van der Waals surface area contributed by atoms with Gasteiger partial charge < -0.3 is 16.0 Å². The van der Waals surface area contributed by atoms with E-state index in [4.69, 9.17) is 5.73 Å². The predicted molar refractivity (Wildman–Crippen MR) is 120 cm³/mol. The minimum absolute atomic E-state index is 0.155. The number of carbonyl (C=O) groups excluding carboxylic acids is 1. The second-order valence-electron chi connectivity index (χ2n) is 6.70. The number of rotatable bonds is 7. The Morgan fingerprint density at radius 1 is 1.21 bits per heavy atom. The smallest absolute Gasteiger partial charge is 0.255 e. The van der Waals surface area contributed by atoms with Gasteiger partial charge in [0.15, 0.2) is 0 Å². The Morgan fingerprint density at radius 3 is 2.68 bits per heavy atom. The van der Waals surface area contributed by atoms with Crippen molar-refractivity contribution >= 4 is 34.8 Å². The SMILES string of the molecule is CN(C)CCN=Cc1cc(NC(=O)c2ccccc2)c(-c2ccsc2)cc1N. The molecule has 0 saturated heterocycles. The van der Waals surface area contributed by atoms with Gasteiger partial charge in [0.05, 0.1) is 6.54 Å². The van der Waals surface area contributed by atoms with E-state index >= 15 is 0 Å². The average Bonchev–Trinajstić information content (AvgIpc) is 3.22. The van der Waals surface area contributed by atoms with E-state index in [1.807, 2.05) is 61.3 Å². The van der Waals surface area contributed by atoms with Gasteiger partial charge in [-0.25, -0.2) is 0 Å². The molecule has 1 amide bonds. The summed E-state index contributed by atoms with van der Waals surface area (Å²) >= 11 is 1.60. The highest BCUT2D eigenvalue weighted by molar-refractivity contribution is 7.08. The number of hydrogen-bond acceptors (Lipinski definition) is 5. The fourth-order valence-corrected chi connectivity index (χ4v) is 3.37. The van der Waals surface area contributed by atoms with Crippen LogP contribution >= 0.6 is 11.3 Å². The Hall–Kier alpha value is -2.96. The number of aliphatic imine (C=N–C) groups is 1. The molecule has 5 nitrogen and oxygen atoms in total. The third kappa shape index (κ3) is 5.06. The molecule has 6 heteroatoms. The molecule has 0 unspecified atom stereocenters. The fourth-order valence-electron chi connectivity index (χ4n) is 2.71. The van der Waals surface area contributed by atoms with Gasteiger partial charge in [0.2, 0.25) is 0 Å². The number of benzene rings is 2. The van der Waals surface area contributed by atoms with Crippen molar-refractivity contribution in [3.8, 4) is 11.1 Å².